The summed E-state index contributed by atoms with van der Waals surface area (Å²) in [5, 5.41) is 10.0. The van der Waals surface area contributed by atoms with Gasteiger partial charge in [-0.3, -0.25) is 5.11 Å². The second-order valence-corrected chi connectivity index (χ2v) is 1.77. The highest BCUT2D eigenvalue weighted by Crippen LogP contribution is 2.05. The molecule has 0 saturated heterocycles. The van der Waals surface area contributed by atoms with Gasteiger partial charge in [0.05, 0.1) is 0 Å². The molecular formula is C7H11O. The molecule has 0 heterocycles. The predicted molar refractivity (Wildman–Crippen MR) is 33.9 cm³/mol. The van der Waals surface area contributed by atoms with Crippen LogP contribution in [0.5, 0.6) is 0 Å². The number of rotatable bonds is 1. The van der Waals surface area contributed by atoms with E-state index in [9.17, 15) is 5.11 Å². The van der Waals surface area contributed by atoms with Gasteiger partial charge in [-0.2, -0.15) is 0 Å². The standard InChI is InChI=1S/C7H11O/c1-4-6(2)7(3)5-8/h4-5H,1-3H3. The highest BCUT2D eigenvalue weighted by Gasteiger charge is 1.87. The van der Waals surface area contributed by atoms with Gasteiger partial charge in [0.1, 0.15) is 6.26 Å². The number of allylic oxidation sites excluding steroid dienone is 3. The summed E-state index contributed by atoms with van der Waals surface area (Å²) in [4.78, 5) is 0. The second kappa shape index (κ2) is 3.30. The molecule has 0 aromatic rings. The molecule has 0 aliphatic carbocycles. The van der Waals surface area contributed by atoms with Crippen molar-refractivity contribution in [1.82, 2.24) is 0 Å². The topological polar surface area (TPSA) is 19.9 Å². The summed E-state index contributed by atoms with van der Waals surface area (Å²) in [5.74, 6) is 0. The molecule has 0 amide bonds. The molecule has 0 fully saturated rings. The van der Waals surface area contributed by atoms with Crippen molar-refractivity contribution < 1.29 is 5.11 Å². The summed E-state index contributed by atoms with van der Waals surface area (Å²) in [6, 6.07) is 0. The van der Waals surface area contributed by atoms with E-state index < -0.39 is 0 Å². The molecule has 0 aliphatic heterocycles. The largest absolute Gasteiger partial charge is 0.298 e. The average molecular weight is 111 g/mol. The summed E-state index contributed by atoms with van der Waals surface area (Å²) >= 11 is 0. The third-order valence-corrected chi connectivity index (χ3v) is 1.23. The van der Waals surface area contributed by atoms with Crippen LogP contribution in [0.1, 0.15) is 20.8 Å². The van der Waals surface area contributed by atoms with Gasteiger partial charge in [0.25, 0.3) is 0 Å². The van der Waals surface area contributed by atoms with Crippen molar-refractivity contribution >= 4 is 0 Å². The Morgan fingerprint density at radius 3 is 1.88 bits per heavy atom. The summed E-state index contributed by atoms with van der Waals surface area (Å²) in [5.41, 5.74) is 1.87. The minimum atomic E-state index is 0.813. The maximum absolute atomic E-state index is 10.0. The average Bonchev–Trinajstić information content (AvgIpc) is 1.84. The van der Waals surface area contributed by atoms with Crippen molar-refractivity contribution in [3.63, 3.8) is 0 Å². The molecule has 0 aromatic carbocycles. The summed E-state index contributed by atoms with van der Waals surface area (Å²) in [6.07, 6.45) is 2.79. The van der Waals surface area contributed by atoms with Crippen molar-refractivity contribution in [1.29, 1.82) is 0 Å². The fourth-order valence-electron chi connectivity index (χ4n) is 0.321. The van der Waals surface area contributed by atoms with Crippen LogP contribution in [0.4, 0.5) is 0 Å². The van der Waals surface area contributed by atoms with Gasteiger partial charge in [0.15, 0.2) is 0 Å². The first kappa shape index (κ1) is 7.28. The molecule has 0 unspecified atom stereocenters. The lowest BCUT2D eigenvalue weighted by molar-refractivity contribution is 0.347. The SMILES string of the molecule is CC=C(C)C(C)=C[O]. The van der Waals surface area contributed by atoms with E-state index >= 15 is 0 Å². The van der Waals surface area contributed by atoms with E-state index in [1.165, 1.54) is 0 Å². The van der Waals surface area contributed by atoms with Crippen LogP contribution in [-0.4, -0.2) is 0 Å². The Bertz CT molecular complexity index is 104. The molecular weight excluding hydrogens is 100 g/mol. The third-order valence-electron chi connectivity index (χ3n) is 1.23. The molecule has 1 radical (unpaired) electrons. The Morgan fingerprint density at radius 2 is 1.75 bits per heavy atom. The molecule has 0 rings (SSSR count). The van der Waals surface area contributed by atoms with Gasteiger partial charge in [-0.15, -0.1) is 0 Å². The Hall–Kier alpha value is -0.720. The van der Waals surface area contributed by atoms with Crippen molar-refractivity contribution in [2.45, 2.75) is 20.8 Å². The van der Waals surface area contributed by atoms with Gasteiger partial charge in [0.2, 0.25) is 0 Å². The maximum atomic E-state index is 10.0. The molecule has 1 nitrogen and oxygen atoms in total. The normalized spacial score (nSPS) is 14.4. The molecule has 0 saturated carbocycles. The van der Waals surface area contributed by atoms with Gasteiger partial charge in [-0.25, -0.2) is 0 Å². The zero-order chi connectivity index (χ0) is 6.57. The lowest BCUT2D eigenvalue weighted by Crippen LogP contribution is -1.75. The smallest absolute Gasteiger partial charge is 0.145 e. The molecule has 0 spiro atoms. The van der Waals surface area contributed by atoms with Crippen LogP contribution >= 0.6 is 0 Å². The van der Waals surface area contributed by atoms with Gasteiger partial charge < -0.3 is 0 Å². The van der Waals surface area contributed by atoms with Gasteiger partial charge in [-0.1, -0.05) is 6.08 Å². The lowest BCUT2D eigenvalue weighted by atomic mass is 10.1. The van der Waals surface area contributed by atoms with Crippen LogP contribution in [-0.2, 0) is 5.11 Å². The molecule has 1 heteroatoms. The third kappa shape index (κ3) is 1.82. The number of hydrogen-bond donors (Lipinski definition) is 0. The fraction of sp³-hybridized carbons (Fsp3) is 0.429. The maximum Gasteiger partial charge on any atom is 0.145 e. The van der Waals surface area contributed by atoms with Crippen LogP contribution in [0.15, 0.2) is 23.5 Å². The number of hydrogen-bond acceptors (Lipinski definition) is 0. The zero-order valence-corrected chi connectivity index (χ0v) is 5.56. The Kier molecular flexibility index (Phi) is 3.01. The Labute approximate surface area is 50.3 Å². The highest BCUT2D eigenvalue weighted by molar-refractivity contribution is 5.23. The van der Waals surface area contributed by atoms with Crippen LogP contribution in [0.3, 0.4) is 0 Å². The minimum Gasteiger partial charge on any atom is -0.298 e. The first-order chi connectivity index (χ1) is 3.72. The van der Waals surface area contributed by atoms with Gasteiger partial charge in [0, 0.05) is 0 Å². The highest BCUT2D eigenvalue weighted by atomic mass is 16.2. The minimum absolute atomic E-state index is 0.813. The quantitative estimate of drug-likeness (QED) is 0.365. The van der Waals surface area contributed by atoms with Crippen LogP contribution in [0, 0.1) is 0 Å². The van der Waals surface area contributed by atoms with Crippen LogP contribution in [0.2, 0.25) is 0 Å². The summed E-state index contributed by atoms with van der Waals surface area (Å²) in [7, 11) is 0. The van der Waals surface area contributed by atoms with Crippen LogP contribution in [0.25, 0.3) is 0 Å². The van der Waals surface area contributed by atoms with E-state index in [-0.39, 0.29) is 0 Å². The Balaban J connectivity index is 4.04. The van der Waals surface area contributed by atoms with Crippen LogP contribution < -0.4 is 0 Å². The van der Waals surface area contributed by atoms with Gasteiger partial charge >= 0.3 is 0 Å². The summed E-state index contributed by atoms with van der Waals surface area (Å²) < 4.78 is 0. The molecule has 45 valence electrons. The lowest BCUT2D eigenvalue weighted by Gasteiger charge is -1.92. The Morgan fingerprint density at radius 1 is 1.25 bits per heavy atom. The second-order valence-electron chi connectivity index (χ2n) is 1.77. The van der Waals surface area contributed by atoms with E-state index in [2.05, 4.69) is 0 Å². The first-order valence-electron chi connectivity index (χ1n) is 2.64. The molecule has 0 aromatic heterocycles. The fourth-order valence-corrected chi connectivity index (χ4v) is 0.321. The zero-order valence-electron chi connectivity index (χ0n) is 5.56. The molecule has 8 heavy (non-hydrogen) atoms. The summed E-state index contributed by atoms with van der Waals surface area (Å²) in [6.45, 7) is 5.65. The molecule has 0 aliphatic rings. The molecule has 0 atom stereocenters. The van der Waals surface area contributed by atoms with E-state index in [1.807, 2.05) is 26.8 Å². The predicted octanol–water partition coefficient (Wildman–Crippen LogP) is 2.29. The van der Waals surface area contributed by atoms with E-state index in [1.54, 1.807) is 0 Å². The molecule has 0 bridgehead atoms. The van der Waals surface area contributed by atoms with E-state index in [4.69, 9.17) is 0 Å². The monoisotopic (exact) mass is 111 g/mol. The van der Waals surface area contributed by atoms with Crippen molar-refractivity contribution in [3.05, 3.63) is 23.5 Å². The van der Waals surface area contributed by atoms with E-state index in [0.717, 1.165) is 17.4 Å². The van der Waals surface area contributed by atoms with Gasteiger partial charge in [-0.05, 0) is 31.9 Å². The van der Waals surface area contributed by atoms with Crippen molar-refractivity contribution in [2.75, 3.05) is 0 Å². The van der Waals surface area contributed by atoms with E-state index in [0.29, 0.717) is 0 Å². The first-order valence-corrected chi connectivity index (χ1v) is 2.64. The van der Waals surface area contributed by atoms with Crippen molar-refractivity contribution in [2.24, 2.45) is 0 Å². The van der Waals surface area contributed by atoms with Crippen molar-refractivity contribution in [3.8, 4) is 0 Å². The molecule has 0 N–H and O–H groups in total.